The van der Waals surface area contributed by atoms with Crippen LogP contribution in [0.2, 0.25) is 10.0 Å². The van der Waals surface area contributed by atoms with Crippen LogP contribution in [0, 0.1) is 6.92 Å². The predicted octanol–water partition coefficient (Wildman–Crippen LogP) is 4.20. The molecule has 2 heterocycles. The Bertz CT molecular complexity index is 1110. The van der Waals surface area contributed by atoms with E-state index in [0.717, 1.165) is 34.9 Å². The minimum atomic E-state index is -0.161. The number of benzene rings is 2. The molecule has 1 unspecified atom stereocenters. The summed E-state index contributed by atoms with van der Waals surface area (Å²) < 4.78 is 1.18. The molecule has 0 saturated heterocycles. The van der Waals surface area contributed by atoms with E-state index in [2.05, 4.69) is 32.0 Å². The number of aromatic nitrogens is 1. The fourth-order valence-electron chi connectivity index (χ4n) is 3.10. The van der Waals surface area contributed by atoms with Crippen LogP contribution in [0.15, 0.2) is 47.5 Å². The summed E-state index contributed by atoms with van der Waals surface area (Å²) in [6.07, 6.45) is 1.78. The summed E-state index contributed by atoms with van der Waals surface area (Å²) in [7, 11) is 0. The molecule has 6 nitrogen and oxygen atoms in total. The molecule has 1 aromatic heterocycles. The van der Waals surface area contributed by atoms with E-state index in [1.165, 1.54) is 4.70 Å². The van der Waals surface area contributed by atoms with Crippen molar-refractivity contribution < 1.29 is 0 Å². The van der Waals surface area contributed by atoms with E-state index < -0.39 is 0 Å². The molecule has 29 heavy (non-hydrogen) atoms. The smallest absolute Gasteiger partial charge is 0.195 e. The third-order valence-electron chi connectivity index (χ3n) is 4.41. The van der Waals surface area contributed by atoms with Crippen LogP contribution in [0.5, 0.6) is 0 Å². The van der Waals surface area contributed by atoms with Gasteiger partial charge in [-0.25, -0.2) is 9.98 Å². The Morgan fingerprint density at radius 1 is 1.21 bits per heavy atom. The third kappa shape index (κ3) is 4.64. The SMILES string of the molecule is Cc1nc2ccc(NCCNC3C=C(c4cccc(Cl)c4Cl)N=C(N)N3)cc2s1. The van der Waals surface area contributed by atoms with Crippen molar-refractivity contribution in [3.63, 3.8) is 0 Å². The number of aryl methyl sites for hydroxylation is 1. The Morgan fingerprint density at radius 3 is 2.93 bits per heavy atom. The van der Waals surface area contributed by atoms with Gasteiger partial charge in [-0.15, -0.1) is 11.3 Å². The zero-order chi connectivity index (χ0) is 20.4. The largest absolute Gasteiger partial charge is 0.384 e. The van der Waals surface area contributed by atoms with E-state index in [1.54, 1.807) is 17.4 Å². The number of aliphatic imine (C=N–C) groups is 1. The molecule has 0 bridgehead atoms. The highest BCUT2D eigenvalue weighted by Crippen LogP contribution is 2.32. The van der Waals surface area contributed by atoms with Crippen LogP contribution in [-0.2, 0) is 0 Å². The fraction of sp³-hybridized carbons (Fsp3) is 0.200. The minimum absolute atomic E-state index is 0.161. The highest BCUT2D eigenvalue weighted by atomic mass is 35.5. The maximum atomic E-state index is 6.32. The molecular formula is C20H20Cl2N6S. The summed E-state index contributed by atoms with van der Waals surface area (Å²) in [5.41, 5.74) is 9.50. The lowest BCUT2D eigenvalue weighted by atomic mass is 10.1. The van der Waals surface area contributed by atoms with Crippen LogP contribution in [0.25, 0.3) is 15.9 Å². The lowest BCUT2D eigenvalue weighted by molar-refractivity contribution is 0.572. The standard InChI is InChI=1S/C20H20Cl2N6S/c1-11-26-15-6-5-12(9-17(15)29-11)24-7-8-25-18-10-16(27-20(23)28-18)13-3-2-4-14(21)19(13)22/h2-6,9-10,18,24-25H,7-8H2,1H3,(H3,23,27,28). The predicted molar refractivity (Wildman–Crippen MR) is 124 cm³/mol. The molecule has 2 aromatic carbocycles. The van der Waals surface area contributed by atoms with Gasteiger partial charge < -0.3 is 16.4 Å². The van der Waals surface area contributed by atoms with Crippen LogP contribution in [0.1, 0.15) is 10.6 Å². The Kier molecular flexibility index (Phi) is 5.91. The van der Waals surface area contributed by atoms with Crippen molar-refractivity contribution in [1.29, 1.82) is 0 Å². The average Bonchev–Trinajstić information content (AvgIpc) is 3.06. The lowest BCUT2D eigenvalue weighted by Crippen LogP contribution is -2.50. The van der Waals surface area contributed by atoms with Crippen LogP contribution in [-0.4, -0.2) is 30.2 Å². The number of nitrogens with one attached hydrogen (secondary N) is 3. The van der Waals surface area contributed by atoms with Crippen molar-refractivity contribution in [2.24, 2.45) is 10.7 Å². The molecular weight excluding hydrogens is 427 g/mol. The van der Waals surface area contributed by atoms with Crippen molar-refractivity contribution in [3.05, 3.63) is 63.1 Å². The van der Waals surface area contributed by atoms with Gasteiger partial charge in [0.25, 0.3) is 0 Å². The summed E-state index contributed by atoms with van der Waals surface area (Å²) in [5, 5.41) is 12.0. The van der Waals surface area contributed by atoms with Gasteiger partial charge in [-0.1, -0.05) is 35.3 Å². The molecule has 0 saturated carbocycles. The number of hydrogen-bond donors (Lipinski definition) is 4. The number of nitrogens with two attached hydrogens (primary N) is 1. The molecule has 0 amide bonds. The second kappa shape index (κ2) is 8.59. The molecule has 1 atom stereocenters. The number of halogens is 2. The minimum Gasteiger partial charge on any atom is -0.384 e. The zero-order valence-corrected chi connectivity index (χ0v) is 18.0. The molecule has 1 aliphatic rings. The van der Waals surface area contributed by atoms with Gasteiger partial charge in [-0.05, 0) is 37.3 Å². The van der Waals surface area contributed by atoms with E-state index >= 15 is 0 Å². The molecule has 0 fully saturated rings. The Labute approximate surface area is 182 Å². The topological polar surface area (TPSA) is 87.4 Å². The summed E-state index contributed by atoms with van der Waals surface area (Å²) in [6.45, 7) is 3.49. The first kappa shape index (κ1) is 20.0. The number of fused-ring (bicyclic) bond motifs is 1. The molecule has 1 aliphatic heterocycles. The maximum Gasteiger partial charge on any atom is 0.195 e. The van der Waals surface area contributed by atoms with Crippen LogP contribution >= 0.6 is 34.5 Å². The summed E-state index contributed by atoms with van der Waals surface area (Å²) in [6, 6.07) is 11.7. The van der Waals surface area contributed by atoms with Crippen LogP contribution < -0.4 is 21.7 Å². The van der Waals surface area contributed by atoms with Gasteiger partial charge in [-0.2, -0.15) is 0 Å². The number of nitrogens with zero attached hydrogens (tertiary/aromatic N) is 2. The Hall–Kier alpha value is -2.32. The molecule has 0 radical (unpaired) electrons. The summed E-state index contributed by atoms with van der Waals surface area (Å²) in [5.74, 6) is 0.329. The number of rotatable bonds is 6. The average molecular weight is 447 g/mol. The monoisotopic (exact) mass is 446 g/mol. The van der Waals surface area contributed by atoms with Crippen molar-refractivity contribution in [1.82, 2.24) is 15.6 Å². The first-order chi connectivity index (χ1) is 14.0. The van der Waals surface area contributed by atoms with Gasteiger partial charge in [0.1, 0.15) is 6.17 Å². The summed E-state index contributed by atoms with van der Waals surface area (Å²) >= 11 is 14.1. The highest BCUT2D eigenvalue weighted by molar-refractivity contribution is 7.18. The normalized spacial score (nSPS) is 16.3. The van der Waals surface area contributed by atoms with E-state index in [4.69, 9.17) is 28.9 Å². The first-order valence-electron chi connectivity index (χ1n) is 9.11. The Balaban J connectivity index is 1.37. The molecule has 150 valence electrons. The van der Waals surface area contributed by atoms with Crippen LogP contribution in [0.4, 0.5) is 5.69 Å². The number of hydrogen-bond acceptors (Lipinski definition) is 7. The maximum absolute atomic E-state index is 6.32. The quantitative estimate of drug-likeness (QED) is 0.426. The molecule has 0 aliphatic carbocycles. The second-order valence-electron chi connectivity index (χ2n) is 6.57. The van der Waals surface area contributed by atoms with Crippen LogP contribution in [0.3, 0.4) is 0 Å². The highest BCUT2D eigenvalue weighted by Gasteiger charge is 2.17. The number of guanidine groups is 1. The van der Waals surface area contributed by atoms with Gasteiger partial charge in [0.05, 0.1) is 31.0 Å². The molecule has 5 N–H and O–H groups in total. The zero-order valence-electron chi connectivity index (χ0n) is 15.7. The molecule has 0 spiro atoms. The molecule has 9 heteroatoms. The van der Waals surface area contributed by atoms with Gasteiger partial charge >= 0.3 is 0 Å². The Morgan fingerprint density at radius 2 is 2.07 bits per heavy atom. The lowest BCUT2D eigenvalue weighted by Gasteiger charge is -2.23. The van der Waals surface area contributed by atoms with Crippen molar-refractivity contribution in [2.75, 3.05) is 18.4 Å². The van der Waals surface area contributed by atoms with Gasteiger partial charge in [0.2, 0.25) is 0 Å². The van der Waals surface area contributed by atoms with Gasteiger partial charge in [0.15, 0.2) is 5.96 Å². The second-order valence-corrected chi connectivity index (χ2v) is 8.59. The van der Waals surface area contributed by atoms with Crippen molar-refractivity contribution in [2.45, 2.75) is 13.1 Å². The van der Waals surface area contributed by atoms with Crippen molar-refractivity contribution in [3.8, 4) is 0 Å². The number of anilines is 1. The fourth-order valence-corrected chi connectivity index (χ4v) is 4.37. The van der Waals surface area contributed by atoms with Gasteiger partial charge in [-0.3, -0.25) is 5.32 Å². The van der Waals surface area contributed by atoms with E-state index in [0.29, 0.717) is 21.7 Å². The van der Waals surface area contributed by atoms with E-state index in [9.17, 15) is 0 Å². The van der Waals surface area contributed by atoms with E-state index in [1.807, 2.05) is 37.3 Å². The molecule has 3 aromatic rings. The van der Waals surface area contributed by atoms with Gasteiger partial charge in [0, 0.05) is 24.3 Å². The van der Waals surface area contributed by atoms with Crippen molar-refractivity contribution >= 4 is 62.1 Å². The summed E-state index contributed by atoms with van der Waals surface area (Å²) in [4.78, 5) is 8.84. The first-order valence-corrected chi connectivity index (χ1v) is 10.7. The number of thiazole rings is 1. The molecule has 4 rings (SSSR count). The van der Waals surface area contributed by atoms with E-state index in [-0.39, 0.29) is 6.17 Å². The third-order valence-corrected chi connectivity index (χ3v) is 6.16.